The third kappa shape index (κ3) is 6.10. The van der Waals surface area contributed by atoms with Gasteiger partial charge in [-0.2, -0.15) is 0 Å². The van der Waals surface area contributed by atoms with Gasteiger partial charge in [-0.3, -0.25) is 0 Å². The number of aryl methyl sites for hydroxylation is 2. The number of benzene rings is 1. The zero-order valence-corrected chi connectivity index (χ0v) is 19.0. The smallest absolute Gasteiger partial charge is 0.0274 e. The minimum atomic E-state index is 0.737. The molecule has 0 amide bonds. The minimum Gasteiger partial charge on any atom is -0.0596 e. The fourth-order valence-corrected chi connectivity index (χ4v) is 4.87. The van der Waals surface area contributed by atoms with Gasteiger partial charge in [-0.25, -0.2) is 0 Å². The molecule has 2 fully saturated rings. The zero-order valence-electron chi connectivity index (χ0n) is 19.0. The molecule has 0 bridgehead atoms. The predicted octanol–water partition coefficient (Wildman–Crippen LogP) is 8.42. The van der Waals surface area contributed by atoms with Crippen LogP contribution in [0.25, 0.3) is 0 Å². The van der Waals surface area contributed by atoms with Crippen molar-refractivity contribution in [2.75, 3.05) is 0 Å². The van der Waals surface area contributed by atoms with Gasteiger partial charge in [0, 0.05) is 0 Å². The minimum absolute atomic E-state index is 0.737. The van der Waals surface area contributed by atoms with Gasteiger partial charge in [-0.05, 0) is 124 Å². The molecule has 152 valence electrons. The normalized spacial score (nSPS) is 19.3. The molecule has 0 radical (unpaired) electrons. The molecular weight excluding hydrogens is 324 g/mol. The lowest BCUT2D eigenvalue weighted by atomic mass is 9.88. The maximum atomic E-state index is 2.52. The molecule has 2 aliphatic rings. The van der Waals surface area contributed by atoms with Crippen molar-refractivity contribution in [1.82, 2.24) is 0 Å². The number of unbranched alkanes of at least 4 members (excludes halogenated alkanes) is 4. The summed E-state index contributed by atoms with van der Waals surface area (Å²) < 4.78 is 0. The molecule has 0 heterocycles. The van der Waals surface area contributed by atoms with Crippen LogP contribution in [0.15, 0.2) is 6.07 Å². The van der Waals surface area contributed by atoms with Crippen LogP contribution in [0.1, 0.15) is 119 Å². The van der Waals surface area contributed by atoms with Crippen molar-refractivity contribution in [3.8, 4) is 0 Å². The van der Waals surface area contributed by atoms with Gasteiger partial charge in [-0.1, -0.05) is 45.6 Å². The molecule has 0 aliphatic heterocycles. The summed E-state index contributed by atoms with van der Waals surface area (Å²) in [7, 11) is 0. The van der Waals surface area contributed by atoms with Crippen molar-refractivity contribution in [1.29, 1.82) is 0 Å². The highest BCUT2D eigenvalue weighted by atomic mass is 14.4. The third-order valence-electron chi connectivity index (χ3n) is 8.00. The molecule has 2 saturated carbocycles. The van der Waals surface area contributed by atoms with Crippen LogP contribution in [0.5, 0.6) is 0 Å². The van der Waals surface area contributed by atoms with Gasteiger partial charge in [0.05, 0.1) is 0 Å². The summed E-state index contributed by atoms with van der Waals surface area (Å²) >= 11 is 0. The van der Waals surface area contributed by atoms with Crippen molar-refractivity contribution in [2.24, 2.45) is 10.8 Å². The van der Waals surface area contributed by atoms with E-state index in [0.29, 0.717) is 0 Å². The Balaban J connectivity index is 1.42. The summed E-state index contributed by atoms with van der Waals surface area (Å²) in [5.74, 6) is 0. The number of hydrogen-bond donors (Lipinski definition) is 0. The van der Waals surface area contributed by atoms with Gasteiger partial charge >= 0.3 is 0 Å². The van der Waals surface area contributed by atoms with Crippen molar-refractivity contribution in [3.05, 3.63) is 33.9 Å². The lowest BCUT2D eigenvalue weighted by molar-refractivity contribution is 0.475. The van der Waals surface area contributed by atoms with E-state index in [9.17, 15) is 0 Å². The fraction of sp³-hybridized carbons (Fsp3) is 0.778. The summed E-state index contributed by atoms with van der Waals surface area (Å²) in [5, 5.41) is 0. The molecule has 0 heteroatoms. The van der Waals surface area contributed by atoms with Gasteiger partial charge in [0.1, 0.15) is 0 Å². The first-order chi connectivity index (χ1) is 12.8. The van der Waals surface area contributed by atoms with Gasteiger partial charge in [0.25, 0.3) is 0 Å². The first kappa shape index (κ1) is 20.9. The molecule has 2 aliphatic carbocycles. The molecule has 3 rings (SSSR count). The molecule has 0 aromatic heterocycles. The Labute approximate surface area is 169 Å². The summed E-state index contributed by atoms with van der Waals surface area (Å²) in [5.41, 5.74) is 9.46. The summed E-state index contributed by atoms with van der Waals surface area (Å²) in [4.78, 5) is 0. The van der Waals surface area contributed by atoms with Crippen LogP contribution in [0.2, 0.25) is 0 Å². The highest BCUT2D eigenvalue weighted by Gasteiger charge is 2.36. The molecule has 1 aromatic rings. The van der Waals surface area contributed by atoms with E-state index in [-0.39, 0.29) is 0 Å². The lowest BCUT2D eigenvalue weighted by Crippen LogP contribution is -2.02. The lowest BCUT2D eigenvalue weighted by Gasteiger charge is -2.17. The maximum Gasteiger partial charge on any atom is -0.0274 e. The molecule has 1 aromatic carbocycles. The second-order valence-electron chi connectivity index (χ2n) is 10.8. The van der Waals surface area contributed by atoms with Crippen LogP contribution in [0.3, 0.4) is 0 Å². The first-order valence-corrected chi connectivity index (χ1v) is 11.9. The molecule has 0 N–H and O–H groups in total. The Morgan fingerprint density at radius 3 is 1.70 bits per heavy atom. The van der Waals surface area contributed by atoms with Crippen molar-refractivity contribution < 1.29 is 0 Å². The quantitative estimate of drug-likeness (QED) is 0.325. The average molecular weight is 369 g/mol. The SMILES string of the molecule is Cc1cc(CCCCCC2(C)CC2)c(C)c(C)c1CCCCCC1(C)CC1. The van der Waals surface area contributed by atoms with Crippen LogP contribution in [0, 0.1) is 31.6 Å². The topological polar surface area (TPSA) is 0 Å². The van der Waals surface area contributed by atoms with E-state index in [0.717, 1.165) is 10.8 Å². The van der Waals surface area contributed by atoms with Crippen LogP contribution in [0.4, 0.5) is 0 Å². The van der Waals surface area contributed by atoms with Crippen LogP contribution in [-0.2, 0) is 12.8 Å². The molecule has 0 atom stereocenters. The van der Waals surface area contributed by atoms with Crippen LogP contribution >= 0.6 is 0 Å². The molecule has 27 heavy (non-hydrogen) atoms. The second kappa shape index (κ2) is 8.71. The Morgan fingerprint density at radius 1 is 0.667 bits per heavy atom. The molecule has 0 unspecified atom stereocenters. The molecular formula is C27H44. The Morgan fingerprint density at radius 2 is 1.19 bits per heavy atom. The van der Waals surface area contributed by atoms with Crippen molar-refractivity contribution in [2.45, 2.75) is 125 Å². The van der Waals surface area contributed by atoms with Gasteiger partial charge in [0.2, 0.25) is 0 Å². The second-order valence-corrected chi connectivity index (χ2v) is 10.8. The Bertz CT molecular complexity index is 628. The average Bonchev–Trinajstić information content (AvgIpc) is 3.54. The first-order valence-electron chi connectivity index (χ1n) is 11.9. The summed E-state index contributed by atoms with van der Waals surface area (Å²) in [6.07, 6.45) is 19.8. The van der Waals surface area contributed by atoms with Crippen molar-refractivity contribution in [3.63, 3.8) is 0 Å². The van der Waals surface area contributed by atoms with E-state index < -0.39 is 0 Å². The third-order valence-corrected chi connectivity index (χ3v) is 8.00. The van der Waals surface area contributed by atoms with E-state index in [1.165, 1.54) is 89.9 Å². The molecule has 0 saturated heterocycles. The highest BCUT2D eigenvalue weighted by molar-refractivity contribution is 5.44. The maximum absolute atomic E-state index is 2.52. The summed E-state index contributed by atoms with van der Waals surface area (Å²) in [6, 6.07) is 2.52. The van der Waals surface area contributed by atoms with Crippen molar-refractivity contribution >= 4 is 0 Å². The fourth-order valence-electron chi connectivity index (χ4n) is 4.87. The highest BCUT2D eigenvalue weighted by Crippen LogP contribution is 2.49. The molecule has 0 spiro atoms. The Hall–Kier alpha value is -0.780. The predicted molar refractivity (Wildman–Crippen MR) is 120 cm³/mol. The standard InChI is InChI=1S/C27H44/c1-21-20-24(12-8-6-10-14-26(4)16-17-26)22(2)23(3)25(21)13-9-7-11-15-27(5)18-19-27/h20H,6-19H2,1-5H3. The largest absolute Gasteiger partial charge is 0.0596 e. The van der Waals surface area contributed by atoms with E-state index in [1.807, 2.05) is 0 Å². The van der Waals surface area contributed by atoms with Gasteiger partial charge < -0.3 is 0 Å². The number of rotatable bonds is 12. The van der Waals surface area contributed by atoms with E-state index >= 15 is 0 Å². The van der Waals surface area contributed by atoms with Crippen LogP contribution in [-0.4, -0.2) is 0 Å². The van der Waals surface area contributed by atoms with Gasteiger partial charge in [0.15, 0.2) is 0 Å². The van der Waals surface area contributed by atoms with E-state index in [2.05, 4.69) is 40.7 Å². The molecule has 0 nitrogen and oxygen atoms in total. The summed E-state index contributed by atoms with van der Waals surface area (Å²) in [6.45, 7) is 12.0. The Kier molecular flexibility index (Phi) is 6.75. The van der Waals surface area contributed by atoms with Gasteiger partial charge in [-0.15, -0.1) is 0 Å². The van der Waals surface area contributed by atoms with E-state index in [1.54, 1.807) is 27.8 Å². The van der Waals surface area contributed by atoms with Crippen LogP contribution < -0.4 is 0 Å². The zero-order chi connectivity index (χ0) is 19.5. The monoisotopic (exact) mass is 368 g/mol. The van der Waals surface area contributed by atoms with E-state index in [4.69, 9.17) is 0 Å². The number of hydrogen-bond acceptors (Lipinski definition) is 0.